The molecule has 0 saturated heterocycles. The topological polar surface area (TPSA) is 30.5 Å². The second-order valence-corrected chi connectivity index (χ2v) is 6.55. The summed E-state index contributed by atoms with van der Waals surface area (Å²) in [7, 11) is 0. The van der Waals surface area contributed by atoms with Crippen LogP contribution in [0.4, 0.5) is 0 Å². The largest absolute Gasteiger partial charge is 0.486 e. The third-order valence-electron chi connectivity index (χ3n) is 3.50. The van der Waals surface area contributed by atoms with E-state index in [1.54, 1.807) is 0 Å². The molecule has 2 unspecified atom stereocenters. The average molecular weight is 295 g/mol. The molecule has 2 rings (SSSR count). The summed E-state index contributed by atoms with van der Waals surface area (Å²) in [6, 6.07) is 6.79. The van der Waals surface area contributed by atoms with Crippen LogP contribution in [0.15, 0.2) is 23.1 Å². The van der Waals surface area contributed by atoms with Gasteiger partial charge in [0.1, 0.15) is 13.2 Å². The highest BCUT2D eigenvalue weighted by Gasteiger charge is 2.18. The third kappa shape index (κ3) is 4.06. The van der Waals surface area contributed by atoms with Crippen molar-refractivity contribution in [2.45, 2.75) is 49.8 Å². The molecule has 1 aliphatic rings. The molecule has 0 bridgehead atoms. The summed E-state index contributed by atoms with van der Waals surface area (Å²) in [6.45, 7) is 9.12. The Labute approximate surface area is 126 Å². The Morgan fingerprint density at radius 3 is 2.65 bits per heavy atom. The third-order valence-corrected chi connectivity index (χ3v) is 4.73. The summed E-state index contributed by atoms with van der Waals surface area (Å²) in [5.41, 5.74) is 0. The van der Waals surface area contributed by atoms with Gasteiger partial charge in [0.25, 0.3) is 0 Å². The maximum absolute atomic E-state index is 5.64. The van der Waals surface area contributed by atoms with Crippen molar-refractivity contribution < 1.29 is 9.47 Å². The molecule has 1 aromatic rings. The van der Waals surface area contributed by atoms with Gasteiger partial charge in [-0.25, -0.2) is 0 Å². The molecule has 0 fully saturated rings. The van der Waals surface area contributed by atoms with E-state index < -0.39 is 0 Å². The summed E-state index contributed by atoms with van der Waals surface area (Å²) in [5.74, 6) is 1.74. The summed E-state index contributed by atoms with van der Waals surface area (Å²) in [6.07, 6.45) is 2.33. The monoisotopic (exact) mass is 295 g/mol. The minimum atomic E-state index is 0.536. The van der Waals surface area contributed by atoms with Crippen LogP contribution in [0.2, 0.25) is 0 Å². The molecule has 112 valence electrons. The molecule has 3 nitrogen and oxygen atoms in total. The van der Waals surface area contributed by atoms with E-state index in [0.717, 1.165) is 24.5 Å². The molecular weight excluding hydrogens is 270 g/mol. The predicted molar refractivity (Wildman–Crippen MR) is 85.1 cm³/mol. The Morgan fingerprint density at radius 2 is 1.95 bits per heavy atom. The molecule has 2 atom stereocenters. The smallest absolute Gasteiger partial charge is 0.162 e. The van der Waals surface area contributed by atoms with Crippen molar-refractivity contribution in [2.24, 2.45) is 0 Å². The van der Waals surface area contributed by atoms with Crippen LogP contribution in [0.5, 0.6) is 11.5 Å². The quantitative estimate of drug-likeness (QED) is 0.777. The van der Waals surface area contributed by atoms with E-state index in [-0.39, 0.29) is 0 Å². The number of fused-ring (bicyclic) bond motifs is 1. The number of nitrogens with one attached hydrogen (secondary N) is 1. The first-order valence-corrected chi connectivity index (χ1v) is 8.42. The van der Waals surface area contributed by atoms with Gasteiger partial charge in [0, 0.05) is 16.2 Å². The van der Waals surface area contributed by atoms with Gasteiger partial charge in [-0.2, -0.15) is 0 Å². The lowest BCUT2D eigenvalue weighted by Gasteiger charge is -2.24. The summed E-state index contributed by atoms with van der Waals surface area (Å²) < 4.78 is 11.2. The fraction of sp³-hybridized carbons (Fsp3) is 0.625. The first-order valence-electron chi connectivity index (χ1n) is 7.54. The highest BCUT2D eigenvalue weighted by Crippen LogP contribution is 2.36. The number of ether oxygens (including phenoxy) is 2. The second-order valence-electron chi connectivity index (χ2n) is 5.10. The van der Waals surface area contributed by atoms with Crippen molar-refractivity contribution in [3.8, 4) is 11.5 Å². The van der Waals surface area contributed by atoms with Crippen LogP contribution in [0.1, 0.15) is 33.6 Å². The van der Waals surface area contributed by atoms with Crippen molar-refractivity contribution in [1.29, 1.82) is 0 Å². The van der Waals surface area contributed by atoms with Gasteiger partial charge in [0.2, 0.25) is 0 Å². The fourth-order valence-electron chi connectivity index (χ4n) is 2.37. The predicted octanol–water partition coefficient (Wildman–Crippen LogP) is 3.72. The van der Waals surface area contributed by atoms with Crippen LogP contribution in [0.25, 0.3) is 0 Å². The molecule has 20 heavy (non-hydrogen) atoms. The van der Waals surface area contributed by atoms with Gasteiger partial charge in [0.05, 0.1) is 0 Å². The summed E-state index contributed by atoms with van der Waals surface area (Å²) >= 11 is 1.90. The van der Waals surface area contributed by atoms with E-state index >= 15 is 0 Å². The number of hydrogen-bond donors (Lipinski definition) is 1. The lowest BCUT2D eigenvalue weighted by molar-refractivity contribution is 0.171. The molecule has 0 radical (unpaired) electrons. The Bertz CT molecular complexity index is 425. The van der Waals surface area contributed by atoms with Crippen LogP contribution >= 0.6 is 11.8 Å². The van der Waals surface area contributed by atoms with Gasteiger partial charge in [-0.1, -0.05) is 20.8 Å². The van der Waals surface area contributed by atoms with Crippen molar-refractivity contribution in [3.63, 3.8) is 0 Å². The lowest BCUT2D eigenvalue weighted by Crippen LogP contribution is -2.36. The average Bonchev–Trinajstić information content (AvgIpc) is 2.48. The molecule has 4 heteroatoms. The molecule has 0 amide bonds. The molecule has 1 aromatic carbocycles. The summed E-state index contributed by atoms with van der Waals surface area (Å²) in [4.78, 5) is 1.25. The second kappa shape index (κ2) is 7.79. The van der Waals surface area contributed by atoms with Crippen molar-refractivity contribution >= 4 is 11.8 Å². The van der Waals surface area contributed by atoms with Gasteiger partial charge >= 0.3 is 0 Å². The van der Waals surface area contributed by atoms with E-state index in [9.17, 15) is 0 Å². The minimum absolute atomic E-state index is 0.536. The molecule has 1 heterocycles. The van der Waals surface area contributed by atoms with Gasteiger partial charge in [0.15, 0.2) is 11.5 Å². The van der Waals surface area contributed by atoms with Crippen LogP contribution in [-0.2, 0) is 0 Å². The van der Waals surface area contributed by atoms with E-state index in [0.29, 0.717) is 24.5 Å². The molecular formula is C16H25NO2S. The normalized spacial score (nSPS) is 16.8. The van der Waals surface area contributed by atoms with Crippen molar-refractivity contribution in [2.75, 3.05) is 19.8 Å². The first kappa shape index (κ1) is 15.5. The Morgan fingerprint density at radius 1 is 1.20 bits per heavy atom. The zero-order chi connectivity index (χ0) is 14.4. The Hall–Kier alpha value is -0.870. The molecule has 0 spiro atoms. The fourth-order valence-corrected chi connectivity index (χ4v) is 3.57. The summed E-state index contributed by atoms with van der Waals surface area (Å²) in [5, 5.41) is 4.16. The maximum Gasteiger partial charge on any atom is 0.162 e. The van der Waals surface area contributed by atoms with Crippen molar-refractivity contribution in [1.82, 2.24) is 5.32 Å². The zero-order valence-corrected chi connectivity index (χ0v) is 13.5. The van der Waals surface area contributed by atoms with Gasteiger partial charge in [-0.15, -0.1) is 11.8 Å². The van der Waals surface area contributed by atoms with E-state index in [4.69, 9.17) is 9.47 Å². The van der Waals surface area contributed by atoms with Crippen LogP contribution in [0, 0.1) is 0 Å². The molecule has 1 N–H and O–H groups in total. The minimum Gasteiger partial charge on any atom is -0.486 e. The van der Waals surface area contributed by atoms with Crippen LogP contribution in [0.3, 0.4) is 0 Å². The number of rotatable bonds is 7. The molecule has 0 saturated carbocycles. The molecule has 1 aliphatic heterocycles. The Kier molecular flexibility index (Phi) is 6.05. The van der Waals surface area contributed by atoms with Crippen LogP contribution < -0.4 is 14.8 Å². The Balaban J connectivity index is 1.97. The first-order chi connectivity index (χ1) is 9.74. The molecule has 0 aliphatic carbocycles. The maximum atomic E-state index is 5.64. The highest BCUT2D eigenvalue weighted by molar-refractivity contribution is 8.00. The standard InChI is InChI=1S/C16H25NO2S/c1-4-8-17-14(5-2)12(3)20-13-6-7-15-16(11-13)19-10-9-18-15/h6-7,11-12,14,17H,4-5,8-10H2,1-3H3. The number of benzene rings is 1. The van der Waals surface area contributed by atoms with Gasteiger partial charge in [-0.3, -0.25) is 0 Å². The number of hydrogen-bond acceptors (Lipinski definition) is 4. The van der Waals surface area contributed by atoms with E-state index in [2.05, 4.69) is 38.2 Å². The lowest BCUT2D eigenvalue weighted by atomic mass is 10.1. The van der Waals surface area contributed by atoms with Crippen molar-refractivity contribution in [3.05, 3.63) is 18.2 Å². The van der Waals surface area contributed by atoms with Gasteiger partial charge in [-0.05, 0) is 37.6 Å². The van der Waals surface area contributed by atoms with Gasteiger partial charge < -0.3 is 14.8 Å². The SMILES string of the molecule is CCCNC(CC)C(C)Sc1ccc2c(c1)OCCO2. The van der Waals surface area contributed by atoms with Crippen LogP contribution in [-0.4, -0.2) is 31.1 Å². The van der Waals surface area contributed by atoms with E-state index in [1.165, 1.54) is 11.3 Å². The number of thioether (sulfide) groups is 1. The van der Waals surface area contributed by atoms with E-state index in [1.807, 2.05) is 17.8 Å². The highest BCUT2D eigenvalue weighted by atomic mass is 32.2. The zero-order valence-electron chi connectivity index (χ0n) is 12.6. The molecule has 0 aromatic heterocycles.